The van der Waals surface area contributed by atoms with Gasteiger partial charge in [0.05, 0.1) is 24.1 Å². The number of hydrogen-bond acceptors (Lipinski definition) is 8. The van der Waals surface area contributed by atoms with Gasteiger partial charge in [-0.2, -0.15) is 0 Å². The van der Waals surface area contributed by atoms with E-state index < -0.39 is 28.1 Å². The van der Waals surface area contributed by atoms with Crippen LogP contribution in [0.4, 0.5) is 5.69 Å². The summed E-state index contributed by atoms with van der Waals surface area (Å²) in [6.45, 7) is 1.75. The Morgan fingerprint density at radius 2 is 2.12 bits per heavy atom. The van der Waals surface area contributed by atoms with Crippen molar-refractivity contribution in [1.29, 1.82) is 0 Å². The molecule has 10 heteroatoms. The molecule has 2 heterocycles. The molecule has 8 nitrogen and oxygen atoms in total. The molecule has 0 fully saturated rings. The van der Waals surface area contributed by atoms with Gasteiger partial charge >= 0.3 is 11.9 Å². The summed E-state index contributed by atoms with van der Waals surface area (Å²) < 4.78 is 36.5. The van der Waals surface area contributed by atoms with E-state index in [1.54, 1.807) is 23.1 Å². The molecular weight excluding hydrogens is 356 g/mol. The van der Waals surface area contributed by atoms with E-state index in [0.717, 1.165) is 5.69 Å². The van der Waals surface area contributed by atoms with E-state index in [0.29, 0.717) is 16.6 Å². The minimum atomic E-state index is -3.43. The third-order valence-corrected chi connectivity index (χ3v) is 5.83. The molecule has 0 spiro atoms. The summed E-state index contributed by atoms with van der Waals surface area (Å²) in [4.78, 5) is 25.9. The number of benzene rings is 1. The summed E-state index contributed by atoms with van der Waals surface area (Å²) >= 11 is 1.18. The number of hydrogen-bond donors (Lipinski definition) is 0. The first-order valence-electron chi connectivity index (χ1n) is 7.01. The van der Waals surface area contributed by atoms with Crippen molar-refractivity contribution in [3.63, 3.8) is 0 Å². The van der Waals surface area contributed by atoms with E-state index >= 15 is 0 Å². The van der Waals surface area contributed by atoms with Gasteiger partial charge in [0, 0.05) is 11.4 Å². The molecule has 0 aromatic heterocycles. The molecule has 3 rings (SSSR count). The fraction of sp³-hybridized carbons (Fsp3) is 0.357. The zero-order valence-corrected chi connectivity index (χ0v) is 14.5. The summed E-state index contributed by atoms with van der Waals surface area (Å²) in [6, 6.07) is 4.87. The van der Waals surface area contributed by atoms with Crippen LogP contribution < -0.4 is 4.90 Å². The minimum absolute atomic E-state index is 0.0447. The summed E-state index contributed by atoms with van der Waals surface area (Å²) in [5.41, 5.74) is 1.06. The van der Waals surface area contributed by atoms with Crippen LogP contribution in [0.2, 0.25) is 0 Å². The second-order valence-electron chi connectivity index (χ2n) is 5.17. The molecule has 0 radical (unpaired) electrons. The third-order valence-electron chi connectivity index (χ3n) is 3.53. The number of sulfonamides is 1. The average Bonchev–Trinajstić information content (AvgIpc) is 2.88. The number of fused-ring (bicyclic) bond motifs is 3. The van der Waals surface area contributed by atoms with Crippen LogP contribution in [0, 0.1) is 0 Å². The Kier molecular flexibility index (Phi) is 4.26. The third kappa shape index (κ3) is 3.11. The van der Waals surface area contributed by atoms with Gasteiger partial charge in [0.1, 0.15) is 0 Å². The highest BCUT2D eigenvalue weighted by Crippen LogP contribution is 2.42. The Morgan fingerprint density at radius 3 is 2.83 bits per heavy atom. The van der Waals surface area contributed by atoms with Gasteiger partial charge in [0.2, 0.25) is 0 Å². The molecule has 24 heavy (non-hydrogen) atoms. The topological polar surface area (TPSA) is 102 Å². The maximum atomic E-state index is 12.1. The molecule has 0 bridgehead atoms. The lowest BCUT2D eigenvalue weighted by atomic mass is 10.2. The fourth-order valence-corrected chi connectivity index (χ4v) is 4.60. The predicted octanol–water partition coefficient (Wildman–Crippen LogP) is 1.02. The SMILES string of the molecule is COC(=O)[C@@H](C)OC(=O)c1ccc2c(c1)SC1=NS(=O)(=O)CCN12. The minimum Gasteiger partial charge on any atom is -0.466 e. The number of carbonyl (C=O) groups excluding carboxylic acids is 2. The molecule has 0 saturated heterocycles. The smallest absolute Gasteiger partial charge is 0.346 e. The zero-order valence-electron chi connectivity index (χ0n) is 12.9. The number of amidine groups is 1. The highest BCUT2D eigenvalue weighted by atomic mass is 32.2. The van der Waals surface area contributed by atoms with Crippen molar-refractivity contribution in [2.45, 2.75) is 17.9 Å². The van der Waals surface area contributed by atoms with E-state index in [1.807, 2.05) is 0 Å². The quantitative estimate of drug-likeness (QED) is 0.727. The van der Waals surface area contributed by atoms with E-state index in [2.05, 4.69) is 9.13 Å². The van der Waals surface area contributed by atoms with E-state index in [9.17, 15) is 18.0 Å². The van der Waals surface area contributed by atoms with Gasteiger partial charge in [-0.25, -0.2) is 18.0 Å². The number of ether oxygens (including phenoxy) is 2. The first kappa shape index (κ1) is 16.8. The summed E-state index contributed by atoms with van der Waals surface area (Å²) in [6.07, 6.45) is -1.01. The number of rotatable bonds is 3. The molecule has 2 aliphatic heterocycles. The molecule has 1 aromatic carbocycles. The molecule has 0 N–H and O–H groups in total. The highest BCUT2D eigenvalue weighted by molar-refractivity contribution is 8.15. The molecule has 0 saturated carbocycles. The Labute approximate surface area is 142 Å². The monoisotopic (exact) mass is 370 g/mol. The number of methoxy groups -OCH3 is 1. The van der Waals surface area contributed by atoms with Crippen LogP contribution in [-0.2, 0) is 24.3 Å². The lowest BCUT2D eigenvalue weighted by Crippen LogP contribution is -2.35. The zero-order chi connectivity index (χ0) is 17.5. The molecule has 0 amide bonds. The normalized spacial score (nSPS) is 18.9. The Morgan fingerprint density at radius 1 is 1.38 bits per heavy atom. The number of carbonyl (C=O) groups is 2. The predicted molar refractivity (Wildman–Crippen MR) is 87.8 cm³/mol. The average molecular weight is 370 g/mol. The van der Waals surface area contributed by atoms with E-state index in [-0.39, 0.29) is 11.3 Å². The van der Waals surface area contributed by atoms with Crippen molar-refractivity contribution in [3.8, 4) is 0 Å². The second kappa shape index (κ2) is 6.10. The Balaban J connectivity index is 1.82. The van der Waals surface area contributed by atoms with Crippen LogP contribution in [0.25, 0.3) is 0 Å². The number of esters is 2. The van der Waals surface area contributed by atoms with Crippen LogP contribution in [-0.4, -0.2) is 51.0 Å². The molecule has 0 unspecified atom stereocenters. The van der Waals surface area contributed by atoms with E-state index in [1.165, 1.54) is 25.8 Å². The van der Waals surface area contributed by atoms with Crippen molar-refractivity contribution < 1.29 is 27.5 Å². The van der Waals surface area contributed by atoms with Gasteiger partial charge in [-0.15, -0.1) is 4.40 Å². The lowest BCUT2D eigenvalue weighted by Gasteiger charge is -2.22. The summed E-state index contributed by atoms with van der Waals surface area (Å²) in [7, 11) is -2.22. The van der Waals surface area contributed by atoms with Crippen molar-refractivity contribution in [2.75, 3.05) is 24.3 Å². The van der Waals surface area contributed by atoms with Gasteiger partial charge in [-0.05, 0) is 36.9 Å². The number of nitrogens with zero attached hydrogens (tertiary/aromatic N) is 2. The van der Waals surface area contributed by atoms with Gasteiger partial charge in [0.15, 0.2) is 11.3 Å². The van der Waals surface area contributed by atoms with Crippen LogP contribution >= 0.6 is 11.8 Å². The lowest BCUT2D eigenvalue weighted by molar-refractivity contribution is -0.149. The molecular formula is C14H14N2O6S2. The first-order chi connectivity index (χ1) is 11.3. The molecule has 128 valence electrons. The van der Waals surface area contributed by atoms with Gasteiger partial charge < -0.3 is 14.4 Å². The van der Waals surface area contributed by atoms with Gasteiger partial charge in [-0.3, -0.25) is 0 Å². The number of thioether (sulfide) groups is 1. The van der Waals surface area contributed by atoms with Crippen molar-refractivity contribution in [1.82, 2.24) is 0 Å². The maximum absolute atomic E-state index is 12.1. The molecule has 1 aromatic rings. The largest absolute Gasteiger partial charge is 0.466 e. The van der Waals surface area contributed by atoms with Crippen LogP contribution in [0.1, 0.15) is 17.3 Å². The van der Waals surface area contributed by atoms with Gasteiger partial charge in [0.25, 0.3) is 10.0 Å². The molecule has 2 aliphatic rings. The molecule has 0 aliphatic carbocycles. The van der Waals surface area contributed by atoms with Crippen LogP contribution in [0.5, 0.6) is 0 Å². The summed E-state index contributed by atoms with van der Waals surface area (Å²) in [5, 5.41) is 0.379. The first-order valence-corrected chi connectivity index (χ1v) is 9.44. The van der Waals surface area contributed by atoms with Crippen molar-refractivity contribution in [3.05, 3.63) is 23.8 Å². The second-order valence-corrected chi connectivity index (χ2v) is 7.93. The van der Waals surface area contributed by atoms with Crippen molar-refractivity contribution >= 4 is 44.6 Å². The molecule has 1 atom stereocenters. The van der Waals surface area contributed by atoms with Crippen LogP contribution in [0.15, 0.2) is 27.5 Å². The van der Waals surface area contributed by atoms with Crippen molar-refractivity contribution in [2.24, 2.45) is 4.40 Å². The highest BCUT2D eigenvalue weighted by Gasteiger charge is 2.33. The Hall–Kier alpha value is -2.07. The summed E-state index contributed by atoms with van der Waals surface area (Å²) in [5.74, 6) is -1.34. The number of anilines is 1. The van der Waals surface area contributed by atoms with E-state index in [4.69, 9.17) is 4.74 Å². The Bertz CT molecular complexity index is 849. The standard InChI is InChI=1S/C14H14N2O6S2/c1-8(12(17)21-2)22-13(18)9-3-4-10-11(7-9)23-14-15-24(19,20)6-5-16(10)14/h3-4,7-8H,5-6H2,1-2H3/t8-/m1/s1. The fourth-order valence-electron chi connectivity index (χ4n) is 2.30. The van der Waals surface area contributed by atoms with Crippen LogP contribution in [0.3, 0.4) is 0 Å². The maximum Gasteiger partial charge on any atom is 0.346 e. The van der Waals surface area contributed by atoms with Gasteiger partial charge in [-0.1, -0.05) is 0 Å².